The van der Waals surface area contributed by atoms with E-state index < -0.39 is 34.4 Å². The fraction of sp³-hybridized carbons (Fsp3) is 0.872. The number of hydrogen-bond donors (Lipinski definition) is 4. The van der Waals surface area contributed by atoms with Crippen molar-refractivity contribution in [3.63, 3.8) is 0 Å². The maximum atomic E-state index is 14.2. The molecule has 0 saturated heterocycles. The van der Waals surface area contributed by atoms with Crippen LogP contribution in [-0.2, 0) is 23.9 Å². The Labute approximate surface area is 337 Å². The zero-order valence-corrected chi connectivity index (χ0v) is 36.8. The number of aliphatic hydroxyl groups excluding tert-OH is 1. The van der Waals surface area contributed by atoms with E-state index in [1.165, 1.54) is 24.8 Å². The number of aliphatic carboxylic acids is 1. The molecule has 0 spiro atoms. The number of allylic oxidation sites excluding steroid dienone is 1. The number of Topliss-reactive ketones (excluding diaryl/α,β-unsaturated/α-hetero) is 1. The quantitative estimate of drug-likeness (QED) is 0.137. The first-order chi connectivity index (χ1) is 25.8. The number of carbonyl (C=O) groups is 4. The average Bonchev–Trinajstić information content (AvgIpc) is 3.37. The van der Waals surface area contributed by atoms with Gasteiger partial charge >= 0.3 is 11.9 Å². The summed E-state index contributed by atoms with van der Waals surface area (Å²) >= 11 is 0. The molecule has 5 fully saturated rings. The molecule has 0 heterocycles. The van der Waals surface area contributed by atoms with E-state index in [1.54, 1.807) is 13.8 Å². The van der Waals surface area contributed by atoms with E-state index in [0.29, 0.717) is 37.1 Å². The van der Waals surface area contributed by atoms with Crippen LogP contribution in [0.25, 0.3) is 0 Å². The third-order valence-electron chi connectivity index (χ3n) is 17.7. The molecule has 0 aromatic rings. The summed E-state index contributed by atoms with van der Waals surface area (Å²) in [6.07, 6.45) is 10.8. The molecule has 6 aliphatic carbocycles. The van der Waals surface area contributed by atoms with Crippen molar-refractivity contribution in [1.82, 2.24) is 10.6 Å². The number of esters is 1. The number of carboxylic acids is 1. The molecule has 0 aromatic carbocycles. The molecule has 5 saturated carbocycles. The molecule has 9 nitrogen and oxygen atoms in total. The van der Waals surface area contributed by atoms with Crippen LogP contribution in [0.3, 0.4) is 0 Å². The fourth-order valence-electron chi connectivity index (χ4n) is 14.0. The van der Waals surface area contributed by atoms with Gasteiger partial charge in [-0.25, -0.2) is 0 Å². The fourth-order valence-corrected chi connectivity index (χ4v) is 14.0. The van der Waals surface area contributed by atoms with Gasteiger partial charge in [-0.05, 0) is 143 Å². The smallest absolute Gasteiger partial charge is 0.309 e. The lowest BCUT2D eigenvalue weighted by Crippen LogP contribution is -2.66. The Bertz CT molecular complexity index is 1610. The lowest BCUT2D eigenvalue weighted by molar-refractivity contribution is -0.235. The van der Waals surface area contributed by atoms with Crippen molar-refractivity contribution in [3.05, 3.63) is 11.1 Å². The van der Waals surface area contributed by atoms with Gasteiger partial charge in [-0.1, -0.05) is 60.5 Å². The third kappa shape index (κ3) is 7.12. The van der Waals surface area contributed by atoms with E-state index in [2.05, 4.69) is 59.1 Å². The number of carboxylic acid groups (broad SMARTS) is 1. The summed E-state index contributed by atoms with van der Waals surface area (Å²) in [7, 11) is 0. The predicted molar refractivity (Wildman–Crippen MR) is 218 cm³/mol. The van der Waals surface area contributed by atoms with Gasteiger partial charge in [0.2, 0.25) is 5.91 Å². The first-order valence-electron chi connectivity index (χ1n) is 22.2. The normalized spacial score (nSPS) is 37.5. The van der Waals surface area contributed by atoms with E-state index >= 15 is 0 Å². The summed E-state index contributed by atoms with van der Waals surface area (Å²) in [5, 5.41) is 28.7. The van der Waals surface area contributed by atoms with Crippen LogP contribution in [0, 0.1) is 62.1 Å². The van der Waals surface area contributed by atoms with Crippen LogP contribution in [0.1, 0.15) is 166 Å². The van der Waals surface area contributed by atoms with E-state index in [0.717, 1.165) is 63.5 Å². The van der Waals surface area contributed by atoms with Gasteiger partial charge in [-0.3, -0.25) is 19.2 Å². The van der Waals surface area contributed by atoms with Crippen LogP contribution in [0.5, 0.6) is 0 Å². The number of hydrogen-bond acceptors (Lipinski definition) is 7. The molecule has 0 aromatic heterocycles. The zero-order chi connectivity index (χ0) is 41.4. The Morgan fingerprint density at radius 2 is 1.54 bits per heavy atom. The van der Waals surface area contributed by atoms with Gasteiger partial charge < -0.3 is 25.6 Å². The van der Waals surface area contributed by atoms with Crippen molar-refractivity contribution in [2.75, 3.05) is 13.1 Å². The number of carbonyl (C=O) groups excluding carboxylic acids is 3. The van der Waals surface area contributed by atoms with Crippen LogP contribution < -0.4 is 10.6 Å². The summed E-state index contributed by atoms with van der Waals surface area (Å²) in [4.78, 5) is 52.0. The lowest BCUT2D eigenvalue weighted by atomic mass is 9.33. The SMILES string of the molecule is CC(C)C1=C2[C@H]3CC[C@@H]4[C@@]5(C)CC[C@H](OC(=O)CC(C)(C)C(=O)O)C(C)(C)[C@@H]5CC[C@@]4(C)[C@]3(C)CC[C@@]2([C@@H](O)CNC(C)(C)CC(=O)NCC2CCC2)CC1=O. The summed E-state index contributed by atoms with van der Waals surface area (Å²) in [6, 6.07) is 0. The Morgan fingerprint density at radius 3 is 2.14 bits per heavy atom. The zero-order valence-electron chi connectivity index (χ0n) is 36.8. The molecule has 316 valence electrons. The number of rotatable bonds is 13. The molecule has 9 atom stereocenters. The van der Waals surface area contributed by atoms with E-state index in [1.807, 2.05) is 13.8 Å². The van der Waals surface area contributed by atoms with Crippen LogP contribution in [0.15, 0.2) is 11.1 Å². The van der Waals surface area contributed by atoms with Crippen molar-refractivity contribution in [1.29, 1.82) is 0 Å². The molecule has 0 bridgehead atoms. The van der Waals surface area contributed by atoms with Gasteiger partial charge in [-0.15, -0.1) is 0 Å². The molecule has 6 aliphatic rings. The monoisotopic (exact) mass is 781 g/mol. The van der Waals surface area contributed by atoms with Crippen LogP contribution in [0.2, 0.25) is 0 Å². The highest BCUT2D eigenvalue weighted by atomic mass is 16.5. The standard InChI is InChI=1S/C47H76N2O7/c1-28(2)38-31(50)23-47(34(51)27-49-42(5,6)24-36(52)48-26-29-13-12-14-29)22-21-45(10)30(39(38)47)15-16-33-44(9)19-18-35(56-37(53)25-41(3,4)40(54)55)43(7,8)32(44)17-20-46(33,45)11/h28-30,32-35,49,51H,12-27H2,1-11H3,(H,48,52)(H,54,55)/t30-,32+,33-,34+,35+,44+,45-,46-,47+/m1/s1. The van der Waals surface area contributed by atoms with E-state index in [-0.39, 0.29) is 57.7 Å². The summed E-state index contributed by atoms with van der Waals surface area (Å²) in [6.45, 7) is 24.7. The Balaban J connectivity index is 1.22. The topological polar surface area (TPSA) is 142 Å². The van der Waals surface area contributed by atoms with Gasteiger partial charge in [0.05, 0.1) is 17.9 Å². The molecule has 6 rings (SSSR count). The largest absolute Gasteiger partial charge is 0.481 e. The Kier molecular flexibility index (Phi) is 11.4. The molecule has 0 radical (unpaired) electrons. The van der Waals surface area contributed by atoms with Gasteiger partial charge in [0.1, 0.15) is 6.10 Å². The molecule has 9 heteroatoms. The summed E-state index contributed by atoms with van der Waals surface area (Å²) in [5.41, 5.74) is -0.294. The highest BCUT2D eigenvalue weighted by Gasteiger charge is 2.71. The van der Waals surface area contributed by atoms with Gasteiger partial charge in [-0.2, -0.15) is 0 Å². The minimum atomic E-state index is -1.17. The van der Waals surface area contributed by atoms with E-state index in [4.69, 9.17) is 4.74 Å². The number of nitrogens with one attached hydrogen (secondary N) is 2. The lowest BCUT2D eigenvalue weighted by Gasteiger charge is -2.72. The van der Waals surface area contributed by atoms with Gasteiger partial charge in [0, 0.05) is 42.3 Å². The second kappa shape index (κ2) is 14.8. The average molecular weight is 781 g/mol. The molecule has 0 aliphatic heterocycles. The maximum Gasteiger partial charge on any atom is 0.309 e. The van der Waals surface area contributed by atoms with Gasteiger partial charge in [0.15, 0.2) is 5.78 Å². The first-order valence-corrected chi connectivity index (χ1v) is 22.2. The second-order valence-electron chi connectivity index (χ2n) is 22.6. The number of amides is 1. The second-order valence-corrected chi connectivity index (χ2v) is 22.6. The molecular weight excluding hydrogens is 705 g/mol. The van der Waals surface area contributed by atoms with E-state index in [9.17, 15) is 29.4 Å². The highest BCUT2D eigenvalue weighted by Crippen LogP contribution is 2.77. The number of β-amino-alcohol motifs (C(OH)–C–C–N with tert-alkyl or cyclic N) is 1. The van der Waals surface area contributed by atoms with Crippen LogP contribution in [0.4, 0.5) is 0 Å². The molecule has 0 unspecified atom stereocenters. The molecule has 4 N–H and O–H groups in total. The van der Waals surface area contributed by atoms with Crippen molar-refractivity contribution in [3.8, 4) is 0 Å². The Morgan fingerprint density at radius 1 is 0.857 bits per heavy atom. The van der Waals surface area contributed by atoms with Crippen molar-refractivity contribution in [2.24, 2.45) is 62.1 Å². The number of ether oxygens (including phenoxy) is 1. The number of aliphatic hydroxyl groups is 1. The first kappa shape index (κ1) is 43.3. The highest BCUT2D eigenvalue weighted by molar-refractivity contribution is 6.00. The maximum absolute atomic E-state index is 14.2. The third-order valence-corrected chi connectivity index (χ3v) is 17.7. The minimum Gasteiger partial charge on any atom is -0.481 e. The molecule has 1 amide bonds. The van der Waals surface area contributed by atoms with Crippen LogP contribution >= 0.6 is 0 Å². The predicted octanol–water partition coefficient (Wildman–Crippen LogP) is 8.42. The summed E-state index contributed by atoms with van der Waals surface area (Å²) < 4.78 is 6.18. The summed E-state index contributed by atoms with van der Waals surface area (Å²) in [5.74, 6) is 0.539. The molecular formula is C47H76N2O7. The molecule has 56 heavy (non-hydrogen) atoms. The number of fused-ring (bicyclic) bond motifs is 7. The van der Waals surface area contributed by atoms with Crippen LogP contribution in [-0.4, -0.2) is 64.7 Å². The van der Waals surface area contributed by atoms with Crippen molar-refractivity contribution < 1.29 is 34.1 Å². The van der Waals surface area contributed by atoms with Crippen molar-refractivity contribution in [2.45, 2.75) is 184 Å². The van der Waals surface area contributed by atoms with Gasteiger partial charge in [0.25, 0.3) is 0 Å². The minimum absolute atomic E-state index is 0.0250. The van der Waals surface area contributed by atoms with Crippen molar-refractivity contribution >= 4 is 23.6 Å². The Hall–Kier alpha value is -2.26. The number of ketones is 1.